The zero-order valence-electron chi connectivity index (χ0n) is 8.35. The lowest BCUT2D eigenvalue weighted by Crippen LogP contribution is -1.96. The lowest BCUT2D eigenvalue weighted by Gasteiger charge is -2.08. The van der Waals surface area contributed by atoms with Crippen LogP contribution in [0.5, 0.6) is 0 Å². The fraction of sp³-hybridized carbons (Fsp3) is 0. The Kier molecular flexibility index (Phi) is 3.86. The molecule has 0 aliphatic rings. The van der Waals surface area contributed by atoms with E-state index >= 15 is 0 Å². The second-order valence-corrected chi connectivity index (χ2v) is 4.99. The third kappa shape index (κ3) is 3.09. The first kappa shape index (κ1) is 12.6. The summed E-state index contributed by atoms with van der Waals surface area (Å²) in [6.45, 7) is 0. The highest BCUT2D eigenvalue weighted by molar-refractivity contribution is 9.10. The van der Waals surface area contributed by atoms with Gasteiger partial charge in [-0.2, -0.15) is 0 Å². The zero-order valence-corrected chi connectivity index (χ0v) is 11.4. The van der Waals surface area contributed by atoms with Crippen molar-refractivity contribution < 1.29 is 4.39 Å². The Hall–Kier alpha value is -0.840. The second-order valence-electron chi connectivity index (χ2n) is 3.23. The van der Waals surface area contributed by atoms with E-state index in [0.717, 1.165) is 4.47 Å². The fourth-order valence-corrected chi connectivity index (χ4v) is 2.06. The standard InChI is InChI=1S/C11H6BrCl2FN2/c12-6-3-8(14)11(16-5-6)17-10-2-1-7(13)4-9(10)15/h1-5H,(H,16,17). The summed E-state index contributed by atoms with van der Waals surface area (Å²) in [5.74, 6) is -0.0747. The summed E-state index contributed by atoms with van der Waals surface area (Å²) >= 11 is 14.9. The van der Waals surface area contributed by atoms with Gasteiger partial charge in [-0.25, -0.2) is 9.37 Å². The van der Waals surface area contributed by atoms with Crippen LogP contribution in [0.3, 0.4) is 0 Å². The van der Waals surface area contributed by atoms with Gasteiger partial charge < -0.3 is 5.32 Å². The predicted octanol–water partition coefficient (Wildman–Crippen LogP) is 5.03. The molecule has 0 fully saturated rings. The van der Waals surface area contributed by atoms with E-state index in [1.165, 1.54) is 12.1 Å². The summed E-state index contributed by atoms with van der Waals surface area (Å²) in [5.41, 5.74) is 0.270. The maximum Gasteiger partial charge on any atom is 0.149 e. The summed E-state index contributed by atoms with van der Waals surface area (Å²) in [6, 6.07) is 6.00. The van der Waals surface area contributed by atoms with Crippen LogP contribution in [0, 0.1) is 5.82 Å². The van der Waals surface area contributed by atoms with Crippen molar-refractivity contribution in [3.63, 3.8) is 0 Å². The Labute approximate surface area is 116 Å². The molecule has 0 amide bonds. The van der Waals surface area contributed by atoms with Gasteiger partial charge in [0.15, 0.2) is 0 Å². The number of aromatic nitrogens is 1. The number of halogens is 4. The molecule has 0 aliphatic carbocycles. The maximum atomic E-state index is 13.5. The highest BCUT2D eigenvalue weighted by Gasteiger charge is 2.07. The summed E-state index contributed by atoms with van der Waals surface area (Å²) in [5, 5.41) is 3.53. The monoisotopic (exact) mass is 334 g/mol. The van der Waals surface area contributed by atoms with Gasteiger partial charge in [0.05, 0.1) is 10.7 Å². The smallest absolute Gasteiger partial charge is 0.149 e. The predicted molar refractivity (Wildman–Crippen MR) is 71.6 cm³/mol. The average Bonchev–Trinajstić information content (AvgIpc) is 2.25. The lowest BCUT2D eigenvalue weighted by molar-refractivity contribution is 0.632. The van der Waals surface area contributed by atoms with Crippen LogP contribution in [0.15, 0.2) is 34.9 Å². The van der Waals surface area contributed by atoms with Crippen molar-refractivity contribution in [2.24, 2.45) is 0 Å². The van der Waals surface area contributed by atoms with Crippen LogP contribution < -0.4 is 5.32 Å². The Morgan fingerprint density at radius 1 is 1.24 bits per heavy atom. The van der Waals surface area contributed by atoms with Gasteiger partial charge in [-0.1, -0.05) is 23.2 Å². The van der Waals surface area contributed by atoms with Crippen LogP contribution in [-0.2, 0) is 0 Å². The molecule has 0 unspecified atom stereocenters. The van der Waals surface area contributed by atoms with Crippen molar-refractivity contribution in [3.8, 4) is 0 Å². The van der Waals surface area contributed by atoms with E-state index in [1.54, 1.807) is 18.3 Å². The van der Waals surface area contributed by atoms with Crippen molar-refractivity contribution >= 4 is 50.6 Å². The molecule has 1 N–H and O–H groups in total. The highest BCUT2D eigenvalue weighted by Crippen LogP contribution is 2.28. The minimum Gasteiger partial charge on any atom is -0.337 e. The van der Waals surface area contributed by atoms with E-state index in [4.69, 9.17) is 23.2 Å². The van der Waals surface area contributed by atoms with Gasteiger partial charge in [0.1, 0.15) is 11.6 Å². The van der Waals surface area contributed by atoms with Crippen LogP contribution in [0.1, 0.15) is 0 Å². The first-order chi connectivity index (χ1) is 8.06. The van der Waals surface area contributed by atoms with Crippen molar-refractivity contribution in [3.05, 3.63) is 50.8 Å². The summed E-state index contributed by atoms with van der Waals surface area (Å²) in [4.78, 5) is 4.05. The molecule has 0 saturated carbocycles. The molecule has 0 saturated heterocycles. The zero-order chi connectivity index (χ0) is 12.4. The molecular formula is C11H6BrCl2FN2. The molecule has 1 aromatic heterocycles. The SMILES string of the molecule is Fc1cc(Cl)ccc1Nc1ncc(Br)cc1Cl. The molecule has 1 heterocycles. The largest absolute Gasteiger partial charge is 0.337 e. The number of anilines is 2. The van der Waals surface area contributed by atoms with Crippen LogP contribution in [0.25, 0.3) is 0 Å². The third-order valence-electron chi connectivity index (χ3n) is 1.99. The minimum absolute atomic E-state index is 0.270. The first-order valence-corrected chi connectivity index (χ1v) is 6.14. The quantitative estimate of drug-likeness (QED) is 0.832. The number of pyridine rings is 1. The van der Waals surface area contributed by atoms with Crippen LogP contribution in [0.4, 0.5) is 15.9 Å². The molecule has 0 radical (unpaired) electrons. The van der Waals surface area contributed by atoms with E-state index in [1.807, 2.05) is 0 Å². The Bertz CT molecular complexity index is 514. The first-order valence-electron chi connectivity index (χ1n) is 4.59. The number of rotatable bonds is 2. The number of nitrogens with one attached hydrogen (secondary N) is 1. The maximum absolute atomic E-state index is 13.5. The second kappa shape index (κ2) is 5.21. The molecule has 2 rings (SSSR count). The molecule has 0 spiro atoms. The van der Waals surface area contributed by atoms with Crippen molar-refractivity contribution in [1.29, 1.82) is 0 Å². The van der Waals surface area contributed by atoms with E-state index in [9.17, 15) is 4.39 Å². The Morgan fingerprint density at radius 2 is 2.00 bits per heavy atom. The molecule has 2 aromatic rings. The van der Waals surface area contributed by atoms with Gasteiger partial charge in [-0.15, -0.1) is 0 Å². The van der Waals surface area contributed by atoms with Crippen LogP contribution >= 0.6 is 39.1 Å². The van der Waals surface area contributed by atoms with E-state index in [0.29, 0.717) is 15.9 Å². The molecule has 0 atom stereocenters. The van der Waals surface area contributed by atoms with E-state index < -0.39 is 5.82 Å². The van der Waals surface area contributed by atoms with Crippen molar-refractivity contribution in [2.45, 2.75) is 0 Å². The molecule has 0 aliphatic heterocycles. The van der Waals surface area contributed by atoms with Crippen LogP contribution in [-0.4, -0.2) is 4.98 Å². The van der Waals surface area contributed by atoms with Gasteiger partial charge in [-0.05, 0) is 40.2 Å². The number of hydrogen-bond donors (Lipinski definition) is 1. The van der Waals surface area contributed by atoms with Gasteiger partial charge in [0, 0.05) is 15.7 Å². The molecule has 2 nitrogen and oxygen atoms in total. The minimum atomic E-state index is -0.460. The summed E-state index contributed by atoms with van der Waals surface area (Å²) in [7, 11) is 0. The van der Waals surface area contributed by atoms with Gasteiger partial charge >= 0.3 is 0 Å². The van der Waals surface area contributed by atoms with Gasteiger partial charge in [0.2, 0.25) is 0 Å². The van der Waals surface area contributed by atoms with E-state index in [-0.39, 0.29) is 5.69 Å². The summed E-state index contributed by atoms with van der Waals surface area (Å²) in [6.07, 6.45) is 1.57. The average molecular weight is 336 g/mol. The molecule has 0 bridgehead atoms. The molecule has 1 aromatic carbocycles. The van der Waals surface area contributed by atoms with E-state index in [2.05, 4.69) is 26.2 Å². The van der Waals surface area contributed by atoms with Crippen molar-refractivity contribution in [2.75, 3.05) is 5.32 Å². The molecule has 88 valence electrons. The molecular weight excluding hydrogens is 330 g/mol. The molecule has 17 heavy (non-hydrogen) atoms. The summed E-state index contributed by atoms with van der Waals surface area (Å²) < 4.78 is 14.3. The van der Waals surface area contributed by atoms with Crippen LogP contribution in [0.2, 0.25) is 10.0 Å². The third-order valence-corrected chi connectivity index (χ3v) is 2.95. The van der Waals surface area contributed by atoms with Gasteiger partial charge in [0.25, 0.3) is 0 Å². The number of benzene rings is 1. The highest BCUT2D eigenvalue weighted by atomic mass is 79.9. The Balaban J connectivity index is 2.31. The topological polar surface area (TPSA) is 24.9 Å². The fourth-order valence-electron chi connectivity index (χ4n) is 1.22. The van der Waals surface area contributed by atoms with Crippen molar-refractivity contribution in [1.82, 2.24) is 4.98 Å². The lowest BCUT2D eigenvalue weighted by atomic mass is 10.3. The Morgan fingerprint density at radius 3 is 2.65 bits per heavy atom. The van der Waals surface area contributed by atoms with Gasteiger partial charge in [-0.3, -0.25) is 0 Å². The number of nitrogens with zero attached hydrogens (tertiary/aromatic N) is 1. The number of hydrogen-bond acceptors (Lipinski definition) is 2. The molecule has 6 heteroatoms. The normalized spacial score (nSPS) is 10.4.